The lowest BCUT2D eigenvalue weighted by molar-refractivity contribution is -0.138. The van der Waals surface area contributed by atoms with Crippen molar-refractivity contribution in [2.24, 2.45) is 5.92 Å². The molecule has 19 heteroatoms. The van der Waals surface area contributed by atoms with Gasteiger partial charge in [-0.15, -0.1) is 11.3 Å². The van der Waals surface area contributed by atoms with E-state index in [0.29, 0.717) is 61.8 Å². The number of nitriles is 1. The molecule has 3 unspecified atom stereocenters. The SMILES string of the molecule is COc1nc2c3c(c(C(F)(F)F)c(-c4ccc(F)c5sc(N)c(C#N)c45)c(F)c3n1)OCCN2C(CC1CCN(C(C)=O)CC1)c1cccnc1N.FC1CC2CCCN2C1. The number of ether oxygens (including phenoxy) is 2. The molecule has 0 aliphatic carbocycles. The summed E-state index contributed by atoms with van der Waals surface area (Å²) < 4.78 is 102. The van der Waals surface area contributed by atoms with E-state index in [1.807, 2.05) is 6.07 Å². The molecular formula is C42H43F6N9O3S. The van der Waals surface area contributed by atoms with E-state index in [1.54, 1.807) is 21.9 Å². The smallest absolute Gasteiger partial charge is 0.420 e. The highest BCUT2D eigenvalue weighted by atomic mass is 32.1. The topological polar surface area (TPSA) is 160 Å². The van der Waals surface area contributed by atoms with Gasteiger partial charge in [-0.25, -0.2) is 18.2 Å². The molecule has 0 radical (unpaired) electrons. The second-order valence-electron chi connectivity index (χ2n) is 15.7. The molecular weight excluding hydrogens is 825 g/mol. The number of fused-ring (bicyclic) bond motifs is 2. The number of nitrogens with two attached hydrogens (primary N) is 2. The fourth-order valence-corrected chi connectivity index (χ4v) is 10.3. The molecule has 61 heavy (non-hydrogen) atoms. The average molecular weight is 868 g/mol. The normalized spacial score (nSPS) is 19.9. The summed E-state index contributed by atoms with van der Waals surface area (Å²) in [7, 11) is 1.24. The predicted octanol–water partition coefficient (Wildman–Crippen LogP) is 8.03. The van der Waals surface area contributed by atoms with E-state index in [1.165, 1.54) is 33.1 Å². The van der Waals surface area contributed by atoms with E-state index >= 15 is 22.0 Å². The molecule has 3 fully saturated rings. The van der Waals surface area contributed by atoms with Gasteiger partial charge in [-0.3, -0.25) is 9.69 Å². The highest BCUT2D eigenvalue weighted by Gasteiger charge is 2.45. The lowest BCUT2D eigenvalue weighted by Gasteiger charge is -2.38. The van der Waals surface area contributed by atoms with E-state index in [9.17, 15) is 14.4 Å². The summed E-state index contributed by atoms with van der Waals surface area (Å²) in [5, 5.41) is 9.13. The number of hydrogen-bond donors (Lipinski definition) is 2. The van der Waals surface area contributed by atoms with Gasteiger partial charge in [0.15, 0.2) is 5.82 Å². The maximum Gasteiger partial charge on any atom is 0.420 e. The summed E-state index contributed by atoms with van der Waals surface area (Å²) in [5.41, 5.74) is 9.26. The van der Waals surface area contributed by atoms with Crippen molar-refractivity contribution < 1.29 is 40.6 Å². The van der Waals surface area contributed by atoms with Crippen molar-refractivity contribution >= 4 is 54.9 Å². The number of nitrogens with zero attached hydrogens (tertiary/aromatic N) is 7. The summed E-state index contributed by atoms with van der Waals surface area (Å²) in [5.74, 6) is -2.83. The molecule has 7 heterocycles. The van der Waals surface area contributed by atoms with E-state index in [4.69, 9.17) is 20.9 Å². The molecule has 3 aromatic heterocycles. The Bertz CT molecular complexity index is 2530. The highest BCUT2D eigenvalue weighted by Crippen LogP contribution is 2.54. The number of pyridine rings is 1. The minimum absolute atomic E-state index is 0.00999. The summed E-state index contributed by atoms with van der Waals surface area (Å²) in [6, 6.07) is 6.82. The number of hydrogen-bond acceptors (Lipinski definition) is 12. The minimum atomic E-state index is -5.22. The summed E-state index contributed by atoms with van der Waals surface area (Å²) in [6.07, 6.45) is 0.888. The van der Waals surface area contributed by atoms with Gasteiger partial charge >= 0.3 is 12.2 Å². The molecule has 1 amide bonds. The van der Waals surface area contributed by atoms with Crippen LogP contribution in [0, 0.1) is 28.9 Å². The molecule has 5 aromatic rings. The Morgan fingerprint density at radius 3 is 2.54 bits per heavy atom. The zero-order valence-corrected chi connectivity index (χ0v) is 34.2. The Labute approximate surface area is 351 Å². The monoisotopic (exact) mass is 867 g/mol. The molecule has 0 spiro atoms. The molecule has 4 aliphatic heterocycles. The molecule has 3 atom stereocenters. The first kappa shape index (κ1) is 42.1. The quantitative estimate of drug-likeness (QED) is 0.159. The molecule has 12 nitrogen and oxygen atoms in total. The molecule has 0 bridgehead atoms. The van der Waals surface area contributed by atoms with E-state index in [2.05, 4.69) is 19.9 Å². The third kappa shape index (κ3) is 7.79. The van der Waals surface area contributed by atoms with Gasteiger partial charge in [0.1, 0.15) is 58.1 Å². The largest absolute Gasteiger partial charge is 0.490 e. The van der Waals surface area contributed by atoms with Crippen LogP contribution in [0.3, 0.4) is 0 Å². The van der Waals surface area contributed by atoms with Crippen LogP contribution in [0.2, 0.25) is 0 Å². The number of carbonyl (C=O) groups is 1. The maximum absolute atomic E-state index is 17.2. The van der Waals surface area contributed by atoms with Gasteiger partial charge in [-0.1, -0.05) is 12.1 Å². The van der Waals surface area contributed by atoms with Crippen molar-refractivity contribution in [1.82, 2.24) is 24.8 Å². The third-order valence-electron chi connectivity index (χ3n) is 12.2. The van der Waals surface area contributed by atoms with Gasteiger partial charge in [-0.2, -0.15) is 28.4 Å². The van der Waals surface area contributed by atoms with Crippen LogP contribution in [0.15, 0.2) is 30.5 Å². The van der Waals surface area contributed by atoms with Gasteiger partial charge in [0.05, 0.1) is 35.3 Å². The molecule has 9 rings (SSSR count). The number of rotatable bonds is 6. The van der Waals surface area contributed by atoms with Crippen LogP contribution in [0.1, 0.15) is 68.2 Å². The molecule has 322 valence electrons. The second kappa shape index (κ2) is 16.7. The molecule has 3 saturated heterocycles. The van der Waals surface area contributed by atoms with Crippen molar-refractivity contribution in [3.05, 3.63) is 58.8 Å². The molecule has 4 aliphatic rings. The van der Waals surface area contributed by atoms with E-state index < -0.39 is 58.0 Å². The van der Waals surface area contributed by atoms with Crippen LogP contribution in [0.25, 0.3) is 32.1 Å². The van der Waals surface area contributed by atoms with Gasteiger partial charge < -0.3 is 30.7 Å². The van der Waals surface area contributed by atoms with Gasteiger partial charge in [0, 0.05) is 55.3 Å². The summed E-state index contributed by atoms with van der Waals surface area (Å²) >= 11 is 0.671. The lowest BCUT2D eigenvalue weighted by atomic mass is 9.86. The number of thiophene rings is 1. The standard InChI is InChI=1S/C35H31F5N8O3S.C7H12FN/c1-16(49)47-10-7-17(8-11-47)14-22(18-4-3-9-44-31(18)42)48-12-13-51-29-25-28(45-34(50-2)46-33(25)48)27(37)24(26(29)35(38,39)40)19-5-6-21(36)30-23(19)20(15-41)32(43)52-30;8-6-4-7-2-1-3-9(7)5-6/h3-6,9,17,22H,7-8,10-14,43H2,1-2H3,(H2,42,44);6-7H,1-5H2. The summed E-state index contributed by atoms with van der Waals surface area (Å²) in [4.78, 5) is 30.8. The third-order valence-corrected chi connectivity index (χ3v) is 13.2. The summed E-state index contributed by atoms with van der Waals surface area (Å²) in [6.45, 7) is 4.14. The molecule has 4 N–H and O–H groups in total. The fourth-order valence-electron chi connectivity index (χ4n) is 9.35. The minimum Gasteiger partial charge on any atom is -0.490 e. The maximum atomic E-state index is 17.2. The number of amides is 1. The number of nitrogen functional groups attached to an aromatic ring is 2. The number of anilines is 3. The number of halogens is 6. The number of alkyl halides is 4. The molecule has 2 aromatic carbocycles. The fraction of sp³-hybridized carbons (Fsp3) is 0.452. The first-order valence-electron chi connectivity index (χ1n) is 20.0. The van der Waals surface area contributed by atoms with Gasteiger partial charge in [0.2, 0.25) is 5.91 Å². The van der Waals surface area contributed by atoms with E-state index in [-0.39, 0.29) is 68.7 Å². The first-order valence-corrected chi connectivity index (χ1v) is 20.8. The second-order valence-corrected chi connectivity index (χ2v) is 16.8. The number of piperidine rings is 1. The zero-order valence-electron chi connectivity index (χ0n) is 33.4. The lowest BCUT2D eigenvalue weighted by Crippen LogP contribution is -2.39. The Morgan fingerprint density at radius 2 is 1.87 bits per heavy atom. The predicted molar refractivity (Wildman–Crippen MR) is 219 cm³/mol. The van der Waals surface area contributed by atoms with Crippen molar-refractivity contribution in [3.63, 3.8) is 0 Å². The van der Waals surface area contributed by atoms with Crippen molar-refractivity contribution in [1.29, 1.82) is 5.26 Å². The first-order chi connectivity index (χ1) is 29.2. The Balaban J connectivity index is 0.000000501. The van der Waals surface area contributed by atoms with E-state index in [0.717, 1.165) is 25.1 Å². The number of aromatic nitrogens is 3. The van der Waals surface area contributed by atoms with Crippen LogP contribution < -0.4 is 25.8 Å². The van der Waals surface area contributed by atoms with Crippen LogP contribution in [0.5, 0.6) is 11.8 Å². The Hall–Kier alpha value is -5.61. The van der Waals surface area contributed by atoms with Gasteiger partial charge in [0.25, 0.3) is 0 Å². The van der Waals surface area contributed by atoms with Crippen molar-refractivity contribution in [2.45, 2.75) is 69.9 Å². The molecule has 0 saturated carbocycles. The van der Waals surface area contributed by atoms with Crippen LogP contribution in [0.4, 0.5) is 43.0 Å². The number of likely N-dealkylation sites (tertiary alicyclic amines) is 1. The number of methoxy groups -OCH3 is 1. The van der Waals surface area contributed by atoms with Crippen LogP contribution in [-0.2, 0) is 11.0 Å². The average Bonchev–Trinajstić information content (AvgIpc) is 3.88. The number of carbonyl (C=O) groups excluding carboxylic acids is 1. The zero-order chi connectivity index (χ0) is 43.3. The Morgan fingerprint density at radius 1 is 1.10 bits per heavy atom. The number of benzene rings is 2. The van der Waals surface area contributed by atoms with Crippen LogP contribution >= 0.6 is 11.3 Å². The highest BCUT2D eigenvalue weighted by molar-refractivity contribution is 7.23. The Kier molecular flexibility index (Phi) is 11.5. The van der Waals surface area contributed by atoms with Crippen molar-refractivity contribution in [2.75, 3.05) is 62.8 Å². The van der Waals surface area contributed by atoms with Gasteiger partial charge in [-0.05, 0) is 68.7 Å². The van der Waals surface area contributed by atoms with Crippen molar-refractivity contribution in [3.8, 4) is 29.0 Å². The van der Waals surface area contributed by atoms with Crippen LogP contribution in [-0.4, -0.2) is 89.3 Å².